The van der Waals surface area contributed by atoms with Crippen molar-refractivity contribution in [1.29, 1.82) is 0 Å². The molecule has 1 aliphatic heterocycles. The van der Waals surface area contributed by atoms with Crippen LogP contribution in [0.4, 0.5) is 9.18 Å². The zero-order chi connectivity index (χ0) is 31.5. The second-order valence-corrected chi connectivity index (χ2v) is 10.7. The molecule has 44 heavy (non-hydrogen) atoms. The molecule has 1 aliphatic carbocycles. The molecule has 1 amide bonds. The van der Waals surface area contributed by atoms with Crippen LogP contribution in [0.1, 0.15) is 30.4 Å². The molecule has 16 heteroatoms. The Labute approximate surface area is 252 Å². The van der Waals surface area contributed by atoms with Crippen molar-refractivity contribution in [3.63, 3.8) is 0 Å². The zero-order valence-electron chi connectivity index (χ0n) is 23.7. The molecule has 4 unspecified atom stereocenters. The van der Waals surface area contributed by atoms with Crippen LogP contribution in [0.15, 0.2) is 76.0 Å². The molecule has 0 aromatic heterocycles. The Morgan fingerprint density at radius 3 is 2.11 bits per heavy atom. The molecule has 1 saturated carbocycles. The standard InChI is InChI=1S/C28H33FN10O5/c29-14-22(39(15-17-7-3-1-4-8-17)28(42)43-16-18-9-5-2-6-10-18)23-12-11-19(33-36-30)27(44-23)24-20(34-37-31)13-21(35-38-32)25(40)26(24)41/h1-10,19-27,40-41H,11-16H2/t19?,20?,21?,22-,23+,24-,25+,26+,27?/m1/s1. The lowest BCUT2D eigenvalue weighted by Crippen LogP contribution is -2.61. The summed E-state index contributed by atoms with van der Waals surface area (Å²) in [6, 6.07) is 13.9. The van der Waals surface area contributed by atoms with E-state index in [1.54, 1.807) is 48.5 Å². The molecule has 0 spiro atoms. The summed E-state index contributed by atoms with van der Waals surface area (Å²) >= 11 is 0. The van der Waals surface area contributed by atoms with E-state index in [1.807, 2.05) is 12.1 Å². The molecule has 2 aromatic carbocycles. The number of hydrogen-bond donors (Lipinski definition) is 2. The van der Waals surface area contributed by atoms with Crippen LogP contribution in [0.3, 0.4) is 0 Å². The van der Waals surface area contributed by atoms with Gasteiger partial charge in [-0.2, -0.15) is 0 Å². The van der Waals surface area contributed by atoms with Crippen LogP contribution >= 0.6 is 0 Å². The summed E-state index contributed by atoms with van der Waals surface area (Å²) in [6.07, 6.45) is -5.72. The Kier molecular flexibility index (Phi) is 11.6. The highest BCUT2D eigenvalue weighted by Gasteiger charge is 2.51. The van der Waals surface area contributed by atoms with Gasteiger partial charge in [0.15, 0.2) is 0 Å². The van der Waals surface area contributed by atoms with Crippen molar-refractivity contribution in [2.45, 2.75) is 81.0 Å². The normalized spacial score (nSPS) is 28.7. The van der Waals surface area contributed by atoms with Gasteiger partial charge in [-0.15, -0.1) is 0 Å². The molecule has 0 bridgehead atoms. The Morgan fingerprint density at radius 2 is 1.50 bits per heavy atom. The molecule has 1 heterocycles. The van der Waals surface area contributed by atoms with Gasteiger partial charge in [-0.1, -0.05) is 76.0 Å². The van der Waals surface area contributed by atoms with Gasteiger partial charge in [-0.3, -0.25) is 4.90 Å². The van der Waals surface area contributed by atoms with Crippen LogP contribution in [-0.2, 0) is 22.6 Å². The van der Waals surface area contributed by atoms with E-state index < -0.39 is 67.3 Å². The van der Waals surface area contributed by atoms with Gasteiger partial charge in [0.1, 0.15) is 13.3 Å². The van der Waals surface area contributed by atoms with Crippen LogP contribution in [0.25, 0.3) is 31.3 Å². The molecule has 232 valence electrons. The molecule has 2 N–H and O–H groups in total. The SMILES string of the molecule is [N-]=[N+]=NC1CC[C@@H]([C@@H](CF)N(Cc2ccccc2)C(=O)OCc2ccccc2)OC1[C@@H]1C(N=[N+]=[N-])CC(N=[N+]=[N-])[C@H](O)[C@H]1O. The van der Waals surface area contributed by atoms with Gasteiger partial charge in [-0.25, -0.2) is 9.18 Å². The van der Waals surface area contributed by atoms with E-state index in [-0.39, 0.29) is 32.4 Å². The van der Waals surface area contributed by atoms with Crippen LogP contribution in [-0.4, -0.2) is 76.5 Å². The topological polar surface area (TPSA) is 226 Å². The molecule has 2 aliphatic rings. The van der Waals surface area contributed by atoms with E-state index in [0.29, 0.717) is 0 Å². The second kappa shape index (κ2) is 15.8. The molecule has 2 aromatic rings. The monoisotopic (exact) mass is 608 g/mol. The third-order valence-electron chi connectivity index (χ3n) is 8.13. The molecule has 4 rings (SSSR count). The molecule has 9 atom stereocenters. The predicted octanol–water partition coefficient (Wildman–Crippen LogP) is 5.49. The van der Waals surface area contributed by atoms with Crippen molar-refractivity contribution >= 4 is 6.09 Å². The summed E-state index contributed by atoms with van der Waals surface area (Å²) in [5, 5.41) is 33.0. The minimum atomic E-state index is -1.60. The number of hydrogen-bond acceptors (Lipinski definition) is 8. The molecule has 1 saturated heterocycles. The fraction of sp³-hybridized carbons (Fsp3) is 0.536. The first kappa shape index (κ1) is 32.4. The fourth-order valence-electron chi connectivity index (χ4n) is 5.98. The number of benzene rings is 2. The fourth-order valence-corrected chi connectivity index (χ4v) is 5.98. The second-order valence-electron chi connectivity index (χ2n) is 10.7. The molecule has 0 radical (unpaired) electrons. The maximum atomic E-state index is 15.0. The third kappa shape index (κ3) is 7.69. The predicted molar refractivity (Wildman–Crippen MR) is 155 cm³/mol. The van der Waals surface area contributed by atoms with E-state index in [2.05, 4.69) is 30.1 Å². The Morgan fingerprint density at radius 1 is 0.909 bits per heavy atom. The number of halogens is 1. The maximum absolute atomic E-state index is 15.0. The zero-order valence-corrected chi connectivity index (χ0v) is 23.7. The average molecular weight is 609 g/mol. The van der Waals surface area contributed by atoms with Crippen molar-refractivity contribution in [2.75, 3.05) is 6.67 Å². The van der Waals surface area contributed by atoms with Crippen molar-refractivity contribution in [3.8, 4) is 0 Å². The van der Waals surface area contributed by atoms with E-state index in [9.17, 15) is 30.5 Å². The van der Waals surface area contributed by atoms with Crippen molar-refractivity contribution in [1.82, 2.24) is 4.90 Å². The smallest absolute Gasteiger partial charge is 0.410 e. The van der Waals surface area contributed by atoms with Crippen LogP contribution in [0.2, 0.25) is 0 Å². The van der Waals surface area contributed by atoms with E-state index >= 15 is 0 Å². The summed E-state index contributed by atoms with van der Waals surface area (Å²) in [6.45, 7) is -1.04. The highest BCUT2D eigenvalue weighted by Crippen LogP contribution is 2.40. The van der Waals surface area contributed by atoms with Gasteiger partial charge < -0.3 is 19.7 Å². The van der Waals surface area contributed by atoms with Crippen molar-refractivity contribution in [2.24, 2.45) is 21.3 Å². The quantitative estimate of drug-likeness (QED) is 0.191. The number of aliphatic hydroxyl groups is 2. The number of aliphatic hydroxyl groups excluding tert-OH is 2. The van der Waals surface area contributed by atoms with E-state index in [4.69, 9.17) is 15.0 Å². The number of alkyl halides is 1. The minimum Gasteiger partial charge on any atom is -0.445 e. The summed E-state index contributed by atoms with van der Waals surface area (Å²) < 4.78 is 26.9. The Bertz CT molecular complexity index is 1390. The van der Waals surface area contributed by atoms with Gasteiger partial charge in [0.05, 0.1) is 42.5 Å². The highest BCUT2D eigenvalue weighted by atomic mass is 19.1. The number of amides is 1. The number of azide groups is 3. The van der Waals surface area contributed by atoms with E-state index in [0.717, 1.165) is 11.1 Å². The highest BCUT2D eigenvalue weighted by molar-refractivity contribution is 5.68. The van der Waals surface area contributed by atoms with Crippen LogP contribution in [0, 0.1) is 5.92 Å². The average Bonchev–Trinajstić information content (AvgIpc) is 3.04. The number of carbonyl (C=O) groups is 1. The summed E-state index contributed by atoms with van der Waals surface area (Å²) in [7, 11) is 0. The van der Waals surface area contributed by atoms with Crippen molar-refractivity contribution < 1.29 is 28.9 Å². The number of carbonyl (C=O) groups excluding carboxylic acids is 1. The van der Waals surface area contributed by atoms with E-state index in [1.165, 1.54) is 4.90 Å². The lowest BCUT2D eigenvalue weighted by atomic mass is 9.72. The maximum Gasteiger partial charge on any atom is 0.410 e. The number of rotatable bonds is 11. The van der Waals surface area contributed by atoms with Gasteiger partial charge in [-0.05, 0) is 47.0 Å². The number of nitrogens with zero attached hydrogens (tertiary/aromatic N) is 10. The summed E-state index contributed by atoms with van der Waals surface area (Å²) in [5.41, 5.74) is 28.9. The number of ether oxygens (including phenoxy) is 2. The first-order valence-electron chi connectivity index (χ1n) is 14.1. The van der Waals surface area contributed by atoms with Gasteiger partial charge in [0.25, 0.3) is 0 Å². The van der Waals surface area contributed by atoms with Crippen LogP contribution < -0.4 is 0 Å². The van der Waals surface area contributed by atoms with Crippen LogP contribution in [0.5, 0.6) is 0 Å². The van der Waals surface area contributed by atoms with Gasteiger partial charge >= 0.3 is 6.09 Å². The minimum absolute atomic E-state index is 0.00726. The lowest BCUT2D eigenvalue weighted by molar-refractivity contribution is -0.166. The largest absolute Gasteiger partial charge is 0.445 e. The van der Waals surface area contributed by atoms with Gasteiger partial charge in [0, 0.05) is 33.2 Å². The molecule has 15 nitrogen and oxygen atoms in total. The first-order valence-corrected chi connectivity index (χ1v) is 14.1. The molecular formula is C28H33FN10O5. The molecular weight excluding hydrogens is 575 g/mol. The summed E-state index contributed by atoms with van der Waals surface area (Å²) in [4.78, 5) is 23.2. The Hall–Kier alpha value is -4.55. The van der Waals surface area contributed by atoms with Crippen molar-refractivity contribution in [3.05, 3.63) is 103 Å². The third-order valence-corrected chi connectivity index (χ3v) is 8.13. The van der Waals surface area contributed by atoms with Gasteiger partial charge in [0.2, 0.25) is 0 Å². The first-order chi connectivity index (χ1) is 21.4. The summed E-state index contributed by atoms with van der Waals surface area (Å²) in [5.74, 6) is -1.10. The Balaban J connectivity index is 1.64. The lowest BCUT2D eigenvalue weighted by Gasteiger charge is -2.48. The molecule has 2 fully saturated rings.